The van der Waals surface area contributed by atoms with Crippen molar-refractivity contribution in [2.75, 3.05) is 5.73 Å². The maximum Gasteiger partial charge on any atom is 0.410 e. The third-order valence-electron chi connectivity index (χ3n) is 5.11. The van der Waals surface area contributed by atoms with Crippen molar-refractivity contribution in [1.82, 2.24) is 24.9 Å². The molecule has 0 saturated carbocycles. The highest BCUT2D eigenvalue weighted by atomic mass is 35.5. The van der Waals surface area contributed by atoms with Gasteiger partial charge in [0.15, 0.2) is 16.5 Å². The molecule has 2 bridgehead atoms. The molecule has 8 nitrogen and oxygen atoms in total. The van der Waals surface area contributed by atoms with Gasteiger partial charge in [0.25, 0.3) is 0 Å². The molecule has 0 aromatic carbocycles. The van der Waals surface area contributed by atoms with Gasteiger partial charge in [0.1, 0.15) is 5.60 Å². The van der Waals surface area contributed by atoms with Gasteiger partial charge in [0.05, 0.1) is 11.6 Å². The Bertz CT molecular complexity index is 847. The Labute approximate surface area is 156 Å². The molecule has 1 amide bonds. The Balaban J connectivity index is 1.60. The van der Waals surface area contributed by atoms with Crippen molar-refractivity contribution in [3.63, 3.8) is 0 Å². The highest BCUT2D eigenvalue weighted by molar-refractivity contribution is 6.29. The largest absolute Gasteiger partial charge is 0.444 e. The number of hydrogen-bond donors (Lipinski definition) is 1. The Morgan fingerprint density at radius 1 is 1.23 bits per heavy atom. The van der Waals surface area contributed by atoms with E-state index >= 15 is 0 Å². The topological polar surface area (TPSA) is 99.2 Å². The summed E-state index contributed by atoms with van der Waals surface area (Å²) in [6.07, 6.45) is 3.37. The summed E-state index contributed by atoms with van der Waals surface area (Å²) < 4.78 is 7.50. The predicted octanol–water partition coefficient (Wildman–Crippen LogP) is 3.16. The molecule has 9 heteroatoms. The molecule has 2 atom stereocenters. The van der Waals surface area contributed by atoms with E-state index in [1.165, 1.54) is 0 Å². The van der Waals surface area contributed by atoms with Crippen LogP contribution < -0.4 is 5.73 Å². The average Bonchev–Trinajstić information content (AvgIpc) is 3.00. The van der Waals surface area contributed by atoms with Crippen LogP contribution in [0.1, 0.15) is 52.5 Å². The highest BCUT2D eigenvalue weighted by Crippen LogP contribution is 2.42. The van der Waals surface area contributed by atoms with Crippen molar-refractivity contribution in [2.24, 2.45) is 0 Å². The van der Waals surface area contributed by atoms with Crippen LogP contribution in [0.2, 0.25) is 5.15 Å². The first-order valence-corrected chi connectivity index (χ1v) is 9.29. The minimum absolute atomic E-state index is 0.145. The molecule has 4 rings (SSSR count). The van der Waals surface area contributed by atoms with Crippen molar-refractivity contribution < 1.29 is 9.53 Å². The normalized spacial score (nSPS) is 25.7. The number of amides is 1. The number of rotatable bonds is 1. The van der Waals surface area contributed by atoms with Gasteiger partial charge in [-0.1, -0.05) is 11.6 Å². The van der Waals surface area contributed by atoms with Crippen LogP contribution >= 0.6 is 11.6 Å². The van der Waals surface area contributed by atoms with Gasteiger partial charge in [0.2, 0.25) is 0 Å². The van der Waals surface area contributed by atoms with Crippen LogP contribution in [0.5, 0.6) is 0 Å². The lowest BCUT2D eigenvalue weighted by Crippen LogP contribution is -2.48. The van der Waals surface area contributed by atoms with Crippen molar-refractivity contribution in [1.29, 1.82) is 0 Å². The molecule has 4 heterocycles. The summed E-state index contributed by atoms with van der Waals surface area (Å²) in [6.45, 7) is 5.68. The number of anilines is 1. The number of nitrogen functional groups attached to an aromatic ring is 1. The molecule has 2 aromatic rings. The van der Waals surface area contributed by atoms with Crippen molar-refractivity contribution in [3.8, 4) is 0 Å². The number of hydrogen-bond acceptors (Lipinski definition) is 6. The number of halogens is 1. The molecule has 2 fully saturated rings. The minimum Gasteiger partial charge on any atom is -0.444 e. The molecular formula is C17H23ClN6O2. The van der Waals surface area contributed by atoms with Crippen LogP contribution in [0.3, 0.4) is 0 Å². The van der Waals surface area contributed by atoms with Gasteiger partial charge in [-0.15, -0.1) is 10.2 Å². The second-order valence-electron chi connectivity index (χ2n) is 8.13. The summed E-state index contributed by atoms with van der Waals surface area (Å²) in [7, 11) is 0. The van der Waals surface area contributed by atoms with Gasteiger partial charge in [-0.05, 0) is 46.5 Å². The number of carbonyl (C=O) groups excluding carboxylic acids is 1. The number of aromatic nitrogens is 4. The van der Waals surface area contributed by atoms with Crippen LogP contribution in [-0.2, 0) is 4.74 Å². The van der Waals surface area contributed by atoms with Gasteiger partial charge in [-0.3, -0.25) is 4.68 Å². The maximum absolute atomic E-state index is 12.6. The van der Waals surface area contributed by atoms with Crippen LogP contribution in [0.4, 0.5) is 10.6 Å². The van der Waals surface area contributed by atoms with E-state index < -0.39 is 5.60 Å². The summed E-state index contributed by atoms with van der Waals surface area (Å²) >= 11 is 6.01. The van der Waals surface area contributed by atoms with Crippen LogP contribution in [0, 0.1) is 0 Å². The molecule has 2 aromatic heterocycles. The van der Waals surface area contributed by atoms with E-state index in [2.05, 4.69) is 15.3 Å². The van der Waals surface area contributed by atoms with Gasteiger partial charge < -0.3 is 15.4 Å². The summed E-state index contributed by atoms with van der Waals surface area (Å²) in [5, 5.41) is 12.7. The third kappa shape index (κ3) is 2.96. The van der Waals surface area contributed by atoms with E-state index in [-0.39, 0.29) is 24.2 Å². The van der Waals surface area contributed by atoms with Crippen molar-refractivity contribution in [3.05, 3.63) is 11.2 Å². The smallest absolute Gasteiger partial charge is 0.410 e. The van der Waals surface area contributed by atoms with Crippen LogP contribution in [-0.4, -0.2) is 48.7 Å². The summed E-state index contributed by atoms with van der Waals surface area (Å²) in [5.74, 6) is 0.353. The Kier molecular flexibility index (Phi) is 3.98. The zero-order chi connectivity index (χ0) is 18.6. The fraction of sp³-hybridized carbons (Fsp3) is 0.647. The SMILES string of the molecule is CC(C)(C)OC(=O)N1C2CCC1CC(n1nc(N)c3nnc(Cl)cc31)C2. The molecule has 26 heavy (non-hydrogen) atoms. The molecule has 0 spiro atoms. The molecule has 140 valence electrons. The van der Waals surface area contributed by atoms with Gasteiger partial charge in [0, 0.05) is 18.2 Å². The maximum atomic E-state index is 12.6. The zero-order valence-electron chi connectivity index (χ0n) is 15.1. The van der Waals surface area contributed by atoms with E-state index in [9.17, 15) is 4.79 Å². The first-order chi connectivity index (χ1) is 12.2. The third-order valence-corrected chi connectivity index (χ3v) is 5.29. The molecule has 0 aliphatic carbocycles. The van der Waals surface area contributed by atoms with Gasteiger partial charge >= 0.3 is 6.09 Å². The minimum atomic E-state index is -0.491. The fourth-order valence-electron chi connectivity index (χ4n) is 4.17. The molecule has 2 N–H and O–H groups in total. The lowest BCUT2D eigenvalue weighted by atomic mass is 9.98. The number of carbonyl (C=O) groups is 1. The van der Waals surface area contributed by atoms with Crippen LogP contribution in [0.25, 0.3) is 11.0 Å². The van der Waals surface area contributed by atoms with Gasteiger partial charge in [-0.25, -0.2) is 4.79 Å². The van der Waals surface area contributed by atoms with E-state index in [4.69, 9.17) is 22.1 Å². The number of ether oxygens (including phenoxy) is 1. The molecule has 2 aliphatic heterocycles. The Morgan fingerprint density at radius 2 is 1.88 bits per heavy atom. The van der Waals surface area contributed by atoms with E-state index in [0.29, 0.717) is 16.5 Å². The van der Waals surface area contributed by atoms with E-state index in [1.54, 1.807) is 6.07 Å². The van der Waals surface area contributed by atoms with E-state index in [0.717, 1.165) is 31.2 Å². The number of nitrogens with two attached hydrogens (primary N) is 1. The predicted molar refractivity (Wildman–Crippen MR) is 97.9 cm³/mol. The monoisotopic (exact) mass is 378 g/mol. The number of fused-ring (bicyclic) bond motifs is 3. The summed E-state index contributed by atoms with van der Waals surface area (Å²) in [4.78, 5) is 14.5. The fourth-order valence-corrected chi connectivity index (χ4v) is 4.31. The van der Waals surface area contributed by atoms with Gasteiger partial charge in [-0.2, -0.15) is 5.10 Å². The Hall–Kier alpha value is -2.09. The molecular weight excluding hydrogens is 356 g/mol. The highest BCUT2D eigenvalue weighted by Gasteiger charge is 2.45. The quantitative estimate of drug-likeness (QED) is 0.818. The summed E-state index contributed by atoms with van der Waals surface area (Å²) in [6, 6.07) is 2.19. The average molecular weight is 379 g/mol. The number of piperidine rings is 1. The molecule has 0 radical (unpaired) electrons. The standard InChI is InChI=1S/C17H23ClN6O2/c1-17(2,3)26-16(25)23-9-4-5-10(23)7-11(6-9)24-12-8-13(18)20-21-14(12)15(19)22-24/h8-11H,4-7H2,1-3H3,(H2,19,22). The zero-order valence-corrected chi connectivity index (χ0v) is 15.9. The second-order valence-corrected chi connectivity index (χ2v) is 8.52. The number of nitrogens with zero attached hydrogens (tertiary/aromatic N) is 5. The molecule has 2 unspecified atom stereocenters. The molecule has 2 saturated heterocycles. The van der Waals surface area contributed by atoms with E-state index in [1.807, 2.05) is 30.4 Å². The Morgan fingerprint density at radius 3 is 2.50 bits per heavy atom. The summed E-state index contributed by atoms with van der Waals surface area (Å²) in [5.41, 5.74) is 6.87. The van der Waals surface area contributed by atoms with Crippen molar-refractivity contribution in [2.45, 2.75) is 70.2 Å². The second kappa shape index (κ2) is 5.97. The first-order valence-electron chi connectivity index (χ1n) is 8.91. The van der Waals surface area contributed by atoms with Crippen LogP contribution in [0.15, 0.2) is 6.07 Å². The lowest BCUT2D eigenvalue weighted by molar-refractivity contribution is 0.00257. The first kappa shape index (κ1) is 17.3. The molecule has 2 aliphatic rings. The lowest BCUT2D eigenvalue weighted by Gasteiger charge is -2.39. The van der Waals surface area contributed by atoms with Crippen molar-refractivity contribution >= 4 is 34.5 Å².